The molecule has 3 saturated carbocycles. The van der Waals surface area contributed by atoms with Crippen molar-refractivity contribution in [1.29, 1.82) is 0 Å². The van der Waals surface area contributed by atoms with Gasteiger partial charge in [-0.15, -0.1) is 0 Å². The van der Waals surface area contributed by atoms with Crippen LogP contribution in [-0.4, -0.2) is 66.8 Å². The van der Waals surface area contributed by atoms with Crippen molar-refractivity contribution < 1.29 is 28.3 Å². The number of benzene rings is 2. The van der Waals surface area contributed by atoms with E-state index >= 15 is 0 Å². The maximum Gasteiger partial charge on any atom is 0.240 e. The predicted molar refractivity (Wildman–Crippen MR) is 158 cm³/mol. The van der Waals surface area contributed by atoms with Crippen LogP contribution in [0.15, 0.2) is 48.5 Å². The van der Waals surface area contributed by atoms with E-state index < -0.39 is 34.2 Å². The minimum Gasteiger partial charge on any atom is -0.394 e. The summed E-state index contributed by atoms with van der Waals surface area (Å²) in [5, 5.41) is 25.7. The van der Waals surface area contributed by atoms with Crippen molar-refractivity contribution >= 4 is 21.6 Å². The van der Waals surface area contributed by atoms with Crippen LogP contribution in [-0.2, 0) is 26.2 Å². The number of rotatable bonds is 9. The van der Waals surface area contributed by atoms with E-state index in [0.717, 1.165) is 29.4 Å². The Hall–Kier alpha value is -2.50. The van der Waals surface area contributed by atoms with Crippen molar-refractivity contribution in [3.8, 4) is 11.1 Å². The Morgan fingerprint density at radius 1 is 1.15 bits per heavy atom. The Labute approximate surface area is 243 Å². The lowest BCUT2D eigenvalue weighted by molar-refractivity contribution is -0.183. The molecule has 1 heterocycles. The predicted octanol–water partition coefficient (Wildman–Crippen LogP) is 3.39. The number of anilines is 1. The van der Waals surface area contributed by atoms with E-state index in [1.165, 1.54) is 6.42 Å². The molecule has 4 aliphatic rings. The number of sulfonamides is 1. The fourth-order valence-electron chi connectivity index (χ4n) is 7.46. The molecular formula is C31H43N3O6S. The average molecular weight is 586 g/mol. The van der Waals surface area contributed by atoms with Crippen LogP contribution in [0, 0.1) is 29.1 Å². The highest BCUT2D eigenvalue weighted by molar-refractivity contribution is 7.92. The van der Waals surface area contributed by atoms with Crippen LogP contribution in [0.4, 0.5) is 5.69 Å². The topological polar surface area (TPSA) is 128 Å². The molecule has 2 aromatic rings. The molecule has 1 saturated heterocycles. The minimum absolute atomic E-state index is 0.0763. The van der Waals surface area contributed by atoms with Gasteiger partial charge in [-0.2, -0.15) is 5.06 Å². The number of nitrogens with one attached hydrogen (secondary N) is 2. The third-order valence-electron chi connectivity index (χ3n) is 9.85. The van der Waals surface area contributed by atoms with Crippen molar-refractivity contribution in [3.05, 3.63) is 54.1 Å². The van der Waals surface area contributed by atoms with Gasteiger partial charge < -0.3 is 15.5 Å². The highest BCUT2D eigenvalue weighted by Crippen LogP contribution is 2.61. The summed E-state index contributed by atoms with van der Waals surface area (Å²) in [4.78, 5) is 20.0. The Balaban J connectivity index is 1.34. The zero-order valence-corrected chi connectivity index (χ0v) is 25.3. The van der Waals surface area contributed by atoms with Crippen LogP contribution < -0.4 is 10.0 Å². The van der Waals surface area contributed by atoms with Gasteiger partial charge in [-0.1, -0.05) is 51.1 Å². The zero-order chi connectivity index (χ0) is 29.7. The van der Waals surface area contributed by atoms with E-state index in [4.69, 9.17) is 4.84 Å². The van der Waals surface area contributed by atoms with Gasteiger partial charge in [-0.05, 0) is 77.8 Å². The maximum absolute atomic E-state index is 13.9. The Morgan fingerprint density at radius 2 is 1.85 bits per heavy atom. The fraction of sp³-hybridized carbons (Fsp3) is 0.581. The van der Waals surface area contributed by atoms with Gasteiger partial charge in [0.25, 0.3) is 0 Å². The molecule has 0 radical (unpaired) electrons. The number of hydroxylamine groups is 2. The molecule has 1 aliphatic heterocycles. The number of carbonyl (C=O) groups excluding carboxylic acids is 1. The monoisotopic (exact) mass is 585 g/mol. The third-order valence-corrected chi connectivity index (χ3v) is 10.5. The Kier molecular flexibility index (Phi) is 8.26. The first-order chi connectivity index (χ1) is 19.3. The molecule has 10 heteroatoms. The SMILES string of the molecule is C[C@@H]1[C@@H](NC(=O)[C@@H]2[C@H]([C@H](C)O)[C@H](CO)ON2Cc2cccc(-c3ccc(NS(C)(=O)=O)cc3)c2)C[C@H]2C[C@@H]1C2(C)C. The van der Waals surface area contributed by atoms with E-state index in [0.29, 0.717) is 28.9 Å². The molecule has 9 nitrogen and oxygen atoms in total. The average Bonchev–Trinajstić information content (AvgIpc) is 3.27. The van der Waals surface area contributed by atoms with Gasteiger partial charge in [-0.3, -0.25) is 14.4 Å². The minimum atomic E-state index is -3.36. The summed E-state index contributed by atoms with van der Waals surface area (Å²) in [6.07, 6.45) is 1.73. The molecule has 0 spiro atoms. The number of nitrogens with zero attached hydrogens (tertiary/aromatic N) is 1. The second kappa shape index (κ2) is 11.3. The lowest BCUT2D eigenvalue weighted by atomic mass is 9.45. The molecule has 0 unspecified atom stereocenters. The lowest BCUT2D eigenvalue weighted by Gasteiger charge is -2.62. The molecule has 8 atom stereocenters. The van der Waals surface area contributed by atoms with Crippen LogP contribution >= 0.6 is 0 Å². The smallest absolute Gasteiger partial charge is 0.240 e. The van der Waals surface area contributed by atoms with E-state index in [1.807, 2.05) is 36.4 Å². The molecule has 4 N–H and O–H groups in total. The first-order valence-electron chi connectivity index (χ1n) is 14.5. The summed E-state index contributed by atoms with van der Waals surface area (Å²) in [7, 11) is -3.36. The Bertz CT molecular complexity index is 1360. The number of aliphatic hydroxyl groups excluding tert-OH is 2. The zero-order valence-electron chi connectivity index (χ0n) is 24.4. The Morgan fingerprint density at radius 3 is 2.44 bits per heavy atom. The molecule has 3 aliphatic carbocycles. The standard InChI is InChI=1S/C31H43N3O6S/c1-18-25-14-23(31(25,3)4)15-26(18)32-30(37)29-28(19(2)36)27(17-35)40-34(29)16-20-7-6-8-22(13-20)21-9-11-24(12-10-21)33-41(5,38)39/h6-13,18-19,23,25-29,33,35-36H,14-17H2,1-5H3,(H,32,37)/t18-,19-,23+,25-,26-,27-,28+,29-/m0/s1. The molecule has 224 valence electrons. The highest BCUT2D eigenvalue weighted by Gasteiger charge is 2.57. The van der Waals surface area contributed by atoms with Crippen LogP contribution in [0.2, 0.25) is 0 Å². The molecule has 1 amide bonds. The quantitative estimate of drug-likeness (QED) is 0.355. The van der Waals surface area contributed by atoms with Gasteiger partial charge in [0.05, 0.1) is 25.5 Å². The number of aliphatic hydroxyl groups is 2. The first-order valence-corrected chi connectivity index (χ1v) is 16.4. The summed E-state index contributed by atoms with van der Waals surface area (Å²) in [6, 6.07) is 14.3. The van der Waals surface area contributed by atoms with Crippen LogP contribution in [0.3, 0.4) is 0 Å². The van der Waals surface area contributed by atoms with E-state index in [1.54, 1.807) is 24.1 Å². The van der Waals surface area contributed by atoms with E-state index in [-0.39, 0.29) is 25.1 Å². The van der Waals surface area contributed by atoms with Crippen LogP contribution in [0.5, 0.6) is 0 Å². The maximum atomic E-state index is 13.9. The summed E-state index contributed by atoms with van der Waals surface area (Å²) < 4.78 is 25.5. The first kappa shape index (κ1) is 30.0. The lowest BCUT2D eigenvalue weighted by Crippen LogP contribution is -2.62. The van der Waals surface area contributed by atoms with Gasteiger partial charge in [-0.25, -0.2) is 8.42 Å². The number of fused-ring (bicyclic) bond motifs is 2. The molecule has 6 rings (SSSR count). The largest absolute Gasteiger partial charge is 0.394 e. The van der Waals surface area contributed by atoms with Crippen molar-refractivity contribution in [3.63, 3.8) is 0 Å². The molecule has 41 heavy (non-hydrogen) atoms. The fourth-order valence-corrected chi connectivity index (χ4v) is 8.02. The number of hydrogen-bond acceptors (Lipinski definition) is 7. The van der Waals surface area contributed by atoms with Gasteiger partial charge in [0.1, 0.15) is 12.1 Å². The van der Waals surface area contributed by atoms with Crippen molar-refractivity contribution in [1.82, 2.24) is 10.4 Å². The molecule has 2 aromatic carbocycles. The normalized spacial score (nSPS) is 31.7. The summed E-state index contributed by atoms with van der Waals surface area (Å²) in [5.74, 6) is 0.792. The summed E-state index contributed by atoms with van der Waals surface area (Å²) in [6.45, 7) is 8.52. The van der Waals surface area contributed by atoms with Gasteiger partial charge in [0, 0.05) is 17.6 Å². The summed E-state index contributed by atoms with van der Waals surface area (Å²) >= 11 is 0. The van der Waals surface area contributed by atoms with Crippen LogP contribution in [0.25, 0.3) is 11.1 Å². The van der Waals surface area contributed by atoms with E-state index in [2.05, 4.69) is 30.8 Å². The van der Waals surface area contributed by atoms with Gasteiger partial charge in [0.15, 0.2) is 0 Å². The van der Waals surface area contributed by atoms with Crippen molar-refractivity contribution in [2.24, 2.45) is 29.1 Å². The van der Waals surface area contributed by atoms with Crippen molar-refractivity contribution in [2.45, 2.75) is 71.4 Å². The molecule has 2 bridgehead atoms. The molecule has 0 aromatic heterocycles. The number of hydrogen-bond donors (Lipinski definition) is 4. The van der Waals surface area contributed by atoms with Crippen LogP contribution in [0.1, 0.15) is 46.1 Å². The molecule has 4 fully saturated rings. The summed E-state index contributed by atoms with van der Waals surface area (Å²) in [5.41, 5.74) is 3.53. The van der Waals surface area contributed by atoms with Crippen molar-refractivity contribution in [2.75, 3.05) is 17.6 Å². The number of amides is 1. The van der Waals surface area contributed by atoms with Gasteiger partial charge in [0.2, 0.25) is 15.9 Å². The highest BCUT2D eigenvalue weighted by atomic mass is 32.2. The molecular weight excluding hydrogens is 542 g/mol. The van der Waals surface area contributed by atoms with Gasteiger partial charge >= 0.3 is 0 Å². The second-order valence-electron chi connectivity index (χ2n) is 12.9. The third kappa shape index (κ3) is 6.03. The van der Waals surface area contributed by atoms with E-state index in [9.17, 15) is 23.4 Å². The number of carbonyl (C=O) groups is 1. The second-order valence-corrected chi connectivity index (χ2v) is 14.6.